The van der Waals surface area contributed by atoms with Crippen molar-refractivity contribution < 1.29 is 34.6 Å². The number of hydrogen-bond acceptors (Lipinski definition) is 8. The van der Waals surface area contributed by atoms with Crippen molar-refractivity contribution in [1.82, 2.24) is 9.78 Å². The third kappa shape index (κ3) is 4.53. The molecule has 4 N–H and O–H groups in total. The van der Waals surface area contributed by atoms with Gasteiger partial charge in [-0.1, -0.05) is 24.3 Å². The summed E-state index contributed by atoms with van der Waals surface area (Å²) in [5.74, 6) is 0.992. The molecule has 1 aromatic heterocycles. The predicted molar refractivity (Wildman–Crippen MR) is 117 cm³/mol. The lowest BCUT2D eigenvalue weighted by molar-refractivity contribution is -0.278. The second-order valence-electron chi connectivity index (χ2n) is 9.34. The lowest BCUT2D eigenvalue weighted by Crippen LogP contribution is -2.60. The molecule has 1 aromatic carbocycles. The van der Waals surface area contributed by atoms with Gasteiger partial charge in [-0.3, -0.25) is 4.68 Å². The van der Waals surface area contributed by atoms with Crippen molar-refractivity contribution >= 4 is 0 Å². The molecule has 3 aliphatic rings. The first-order valence-electron chi connectivity index (χ1n) is 11.7. The van der Waals surface area contributed by atoms with Crippen LogP contribution in [0.1, 0.15) is 53.6 Å². The number of aliphatic hydroxyl groups excluding tert-OH is 4. The highest BCUT2D eigenvalue weighted by Gasteiger charge is 2.45. The first-order valence-corrected chi connectivity index (χ1v) is 11.7. The molecular weight excluding hydrogens is 428 g/mol. The van der Waals surface area contributed by atoms with Crippen LogP contribution in [0.25, 0.3) is 0 Å². The molecule has 5 rings (SSSR count). The van der Waals surface area contributed by atoms with Crippen molar-refractivity contribution in [2.24, 2.45) is 0 Å². The normalized spacial score (nSPS) is 32.3. The highest BCUT2D eigenvalue weighted by molar-refractivity contribution is 5.38. The first-order chi connectivity index (χ1) is 16.0. The fourth-order valence-corrected chi connectivity index (χ4v) is 4.70. The summed E-state index contributed by atoms with van der Waals surface area (Å²) < 4.78 is 19.0. The topological polar surface area (TPSA) is 126 Å². The molecule has 3 heterocycles. The molecule has 0 amide bonds. The Labute approximate surface area is 192 Å². The van der Waals surface area contributed by atoms with Crippen LogP contribution in [0.15, 0.2) is 24.3 Å². The Kier molecular flexibility index (Phi) is 6.43. The molecule has 1 saturated carbocycles. The number of benzene rings is 1. The Morgan fingerprint density at radius 3 is 2.45 bits per heavy atom. The SMILES string of the molecule is Cc1c(Cc2ccc(C3CC3)cc2)c(OC2O[C@H](CO)[C@@H](O)C(O)[C@H]2O)nn1C1CCOC1. The van der Waals surface area contributed by atoms with Crippen molar-refractivity contribution in [2.45, 2.75) is 75.3 Å². The molecule has 9 heteroatoms. The molecule has 3 fully saturated rings. The molecule has 0 spiro atoms. The van der Waals surface area contributed by atoms with Crippen molar-refractivity contribution in [1.29, 1.82) is 0 Å². The summed E-state index contributed by atoms with van der Waals surface area (Å²) >= 11 is 0. The number of ether oxygens (including phenoxy) is 3. The quantitative estimate of drug-likeness (QED) is 0.478. The van der Waals surface area contributed by atoms with E-state index in [2.05, 4.69) is 29.4 Å². The van der Waals surface area contributed by atoms with Crippen LogP contribution in [0.4, 0.5) is 0 Å². The maximum absolute atomic E-state index is 10.4. The van der Waals surface area contributed by atoms with Crippen LogP contribution < -0.4 is 4.74 Å². The predicted octanol–water partition coefficient (Wildman–Crippen LogP) is 0.800. The minimum atomic E-state index is -1.51. The number of aliphatic hydroxyl groups is 4. The Morgan fingerprint density at radius 1 is 1.06 bits per heavy atom. The fraction of sp³-hybridized carbons (Fsp3) is 0.625. The largest absolute Gasteiger partial charge is 0.443 e. The monoisotopic (exact) mass is 460 g/mol. The lowest BCUT2D eigenvalue weighted by Gasteiger charge is -2.39. The summed E-state index contributed by atoms with van der Waals surface area (Å²) in [4.78, 5) is 0. The number of rotatable bonds is 7. The van der Waals surface area contributed by atoms with E-state index in [4.69, 9.17) is 14.2 Å². The van der Waals surface area contributed by atoms with E-state index in [0.717, 1.165) is 23.2 Å². The molecular formula is C24H32N2O7. The third-order valence-electron chi connectivity index (χ3n) is 6.97. The Morgan fingerprint density at radius 2 is 1.82 bits per heavy atom. The van der Waals surface area contributed by atoms with Gasteiger partial charge in [0.25, 0.3) is 0 Å². The van der Waals surface area contributed by atoms with E-state index in [1.165, 1.54) is 18.4 Å². The van der Waals surface area contributed by atoms with Gasteiger partial charge in [-0.05, 0) is 43.2 Å². The number of nitrogens with zero attached hydrogens (tertiary/aromatic N) is 2. The van der Waals surface area contributed by atoms with E-state index in [1.54, 1.807) is 0 Å². The average molecular weight is 461 g/mol. The van der Waals surface area contributed by atoms with Gasteiger partial charge in [0.2, 0.25) is 12.2 Å². The molecule has 2 saturated heterocycles. The van der Waals surface area contributed by atoms with Crippen LogP contribution in [-0.2, 0) is 15.9 Å². The fourth-order valence-electron chi connectivity index (χ4n) is 4.70. The van der Waals surface area contributed by atoms with Crippen LogP contribution in [0.2, 0.25) is 0 Å². The van der Waals surface area contributed by atoms with Crippen molar-refractivity contribution in [3.8, 4) is 5.88 Å². The van der Waals surface area contributed by atoms with E-state index >= 15 is 0 Å². The second-order valence-corrected chi connectivity index (χ2v) is 9.34. The molecule has 0 bridgehead atoms. The van der Waals surface area contributed by atoms with Gasteiger partial charge < -0.3 is 34.6 Å². The molecule has 6 atom stereocenters. The second kappa shape index (κ2) is 9.32. The summed E-state index contributed by atoms with van der Waals surface area (Å²) in [5.41, 5.74) is 4.28. The number of aromatic nitrogens is 2. The first kappa shape index (κ1) is 22.8. The molecule has 180 valence electrons. The van der Waals surface area contributed by atoms with Gasteiger partial charge in [0.15, 0.2) is 0 Å². The van der Waals surface area contributed by atoms with Gasteiger partial charge in [-0.2, -0.15) is 0 Å². The van der Waals surface area contributed by atoms with E-state index in [-0.39, 0.29) is 6.04 Å². The molecule has 2 aliphatic heterocycles. The van der Waals surface area contributed by atoms with Crippen LogP contribution in [-0.4, -0.2) is 80.7 Å². The van der Waals surface area contributed by atoms with Gasteiger partial charge in [0, 0.05) is 24.3 Å². The molecule has 0 radical (unpaired) electrons. The van der Waals surface area contributed by atoms with Crippen LogP contribution in [0.3, 0.4) is 0 Å². The van der Waals surface area contributed by atoms with Crippen LogP contribution >= 0.6 is 0 Å². The molecule has 33 heavy (non-hydrogen) atoms. The minimum absolute atomic E-state index is 0.0909. The zero-order valence-electron chi connectivity index (χ0n) is 18.7. The minimum Gasteiger partial charge on any atom is -0.443 e. The summed E-state index contributed by atoms with van der Waals surface area (Å²) in [6.45, 7) is 2.71. The third-order valence-corrected chi connectivity index (χ3v) is 6.97. The average Bonchev–Trinajstić information content (AvgIpc) is 3.45. The highest BCUT2D eigenvalue weighted by Crippen LogP contribution is 2.40. The molecule has 3 unspecified atom stereocenters. The van der Waals surface area contributed by atoms with Gasteiger partial charge in [-0.15, -0.1) is 5.10 Å². The zero-order valence-corrected chi connectivity index (χ0v) is 18.7. The van der Waals surface area contributed by atoms with Gasteiger partial charge in [-0.25, -0.2) is 0 Å². The van der Waals surface area contributed by atoms with Gasteiger partial charge in [0.05, 0.1) is 19.3 Å². The van der Waals surface area contributed by atoms with Crippen molar-refractivity contribution in [3.63, 3.8) is 0 Å². The summed E-state index contributed by atoms with van der Waals surface area (Å²) in [7, 11) is 0. The smallest absolute Gasteiger partial charge is 0.239 e. The van der Waals surface area contributed by atoms with Gasteiger partial charge in [0.1, 0.15) is 24.4 Å². The van der Waals surface area contributed by atoms with Crippen molar-refractivity contribution in [3.05, 3.63) is 46.6 Å². The molecule has 9 nitrogen and oxygen atoms in total. The molecule has 1 aliphatic carbocycles. The number of hydrogen-bond donors (Lipinski definition) is 4. The Bertz CT molecular complexity index is 950. The zero-order chi connectivity index (χ0) is 23.1. The van der Waals surface area contributed by atoms with E-state index in [9.17, 15) is 20.4 Å². The maximum Gasteiger partial charge on any atom is 0.239 e. The standard InChI is InChI=1S/C24H32N2O7/c1-13-18(10-14-2-4-15(5-3-14)16-6-7-16)23(25-26(13)17-8-9-31-12-17)33-24-22(30)21(29)20(28)19(11-27)32-24/h2-5,16-17,19-22,24,27-30H,6-12H2,1H3/t17?,19-,20-,21?,22-,24?/m1/s1. The maximum atomic E-state index is 10.4. The Hall–Kier alpha value is -2.01. The summed E-state index contributed by atoms with van der Waals surface area (Å²) in [5, 5.41) is 44.8. The van der Waals surface area contributed by atoms with Crippen LogP contribution in [0.5, 0.6) is 5.88 Å². The highest BCUT2D eigenvalue weighted by atomic mass is 16.7. The Balaban J connectivity index is 1.43. The van der Waals surface area contributed by atoms with Crippen molar-refractivity contribution in [2.75, 3.05) is 19.8 Å². The van der Waals surface area contributed by atoms with Gasteiger partial charge >= 0.3 is 0 Å². The molecule has 2 aromatic rings. The van der Waals surface area contributed by atoms with E-state index < -0.39 is 37.3 Å². The van der Waals surface area contributed by atoms with E-state index in [0.29, 0.717) is 31.4 Å². The van der Waals surface area contributed by atoms with Crippen LogP contribution in [0, 0.1) is 6.92 Å². The lowest BCUT2D eigenvalue weighted by atomic mass is 9.99. The summed E-state index contributed by atoms with van der Waals surface area (Å²) in [6.07, 6.45) is -2.83. The summed E-state index contributed by atoms with van der Waals surface area (Å²) in [6, 6.07) is 8.69. The van der Waals surface area contributed by atoms with E-state index in [1.807, 2.05) is 11.6 Å².